The molecule has 0 radical (unpaired) electrons. The van der Waals surface area contributed by atoms with E-state index in [-0.39, 0.29) is 6.61 Å². The van der Waals surface area contributed by atoms with Crippen molar-refractivity contribution >= 4 is 12.4 Å². The third-order valence-corrected chi connectivity index (χ3v) is 3.00. The van der Waals surface area contributed by atoms with Crippen molar-refractivity contribution in [1.82, 2.24) is 5.32 Å². The molecule has 0 saturated heterocycles. The van der Waals surface area contributed by atoms with E-state index in [1.807, 2.05) is 0 Å². The molecular weight excluding hydrogens is 298 g/mol. The summed E-state index contributed by atoms with van der Waals surface area (Å²) in [5.74, 6) is 1.16. The van der Waals surface area contributed by atoms with Crippen molar-refractivity contribution in [1.29, 1.82) is 0 Å². The highest BCUT2D eigenvalue weighted by Gasteiger charge is 2.05. The maximum absolute atomic E-state index is 11.2. The Balaban J connectivity index is 2.17. The third-order valence-electron chi connectivity index (χ3n) is 3.00. The molecule has 0 aliphatic carbocycles. The van der Waals surface area contributed by atoms with Crippen molar-refractivity contribution in [2.75, 3.05) is 26.9 Å². The van der Waals surface area contributed by atoms with Gasteiger partial charge < -0.3 is 19.5 Å². The summed E-state index contributed by atoms with van der Waals surface area (Å²) in [5, 5.41) is 2.65. The molecular formula is C17H23NO5. The smallest absolute Gasteiger partial charge is 0.407 e. The summed E-state index contributed by atoms with van der Waals surface area (Å²) in [6, 6.07) is 5.05. The van der Waals surface area contributed by atoms with Crippen LogP contribution in [0.25, 0.3) is 0 Å². The van der Waals surface area contributed by atoms with Crippen LogP contribution in [-0.4, -0.2) is 39.2 Å². The normalized spacial score (nSPS) is 9.78. The van der Waals surface area contributed by atoms with Crippen LogP contribution in [-0.2, 0) is 4.74 Å². The number of carbonyl (C=O) groups excluding carboxylic acids is 2. The predicted octanol–water partition coefficient (Wildman–Crippen LogP) is 2.97. The molecule has 6 heteroatoms. The van der Waals surface area contributed by atoms with Crippen LogP contribution in [0.2, 0.25) is 0 Å². The molecule has 6 nitrogen and oxygen atoms in total. The summed E-state index contributed by atoms with van der Waals surface area (Å²) in [6.45, 7) is 4.78. The van der Waals surface area contributed by atoms with Gasteiger partial charge in [0.2, 0.25) is 0 Å². The van der Waals surface area contributed by atoms with Crippen LogP contribution in [0.1, 0.15) is 29.6 Å². The number of methoxy groups -OCH3 is 1. The number of hydrogen-bond donors (Lipinski definition) is 1. The van der Waals surface area contributed by atoms with E-state index in [0.29, 0.717) is 30.2 Å². The monoisotopic (exact) mass is 321 g/mol. The Bertz CT molecular complexity index is 516. The highest BCUT2D eigenvalue weighted by atomic mass is 16.5. The number of rotatable bonds is 11. The lowest BCUT2D eigenvalue weighted by atomic mass is 10.2. The van der Waals surface area contributed by atoms with Gasteiger partial charge >= 0.3 is 6.09 Å². The second-order valence-electron chi connectivity index (χ2n) is 4.75. The molecule has 0 aromatic heterocycles. The number of hydrogen-bond acceptors (Lipinski definition) is 5. The Kier molecular flexibility index (Phi) is 8.97. The fourth-order valence-corrected chi connectivity index (χ4v) is 1.84. The van der Waals surface area contributed by atoms with Crippen molar-refractivity contribution in [3.63, 3.8) is 0 Å². The molecule has 0 spiro atoms. The van der Waals surface area contributed by atoms with Gasteiger partial charge in [-0.2, -0.15) is 0 Å². The zero-order valence-electron chi connectivity index (χ0n) is 13.4. The summed E-state index contributed by atoms with van der Waals surface area (Å²) in [5.41, 5.74) is 0.545. The molecule has 0 atom stereocenters. The molecule has 0 fully saturated rings. The lowest BCUT2D eigenvalue weighted by Crippen LogP contribution is -2.25. The molecule has 1 N–H and O–H groups in total. The van der Waals surface area contributed by atoms with Gasteiger partial charge in [-0.25, -0.2) is 4.79 Å². The maximum atomic E-state index is 11.2. The molecule has 0 saturated carbocycles. The Hall–Kier alpha value is -2.50. The highest BCUT2D eigenvalue weighted by Crippen LogP contribution is 2.27. The summed E-state index contributed by atoms with van der Waals surface area (Å²) in [6.07, 6.45) is 4.46. The average molecular weight is 321 g/mol. The molecule has 1 amide bonds. The van der Waals surface area contributed by atoms with Crippen LogP contribution in [0.5, 0.6) is 11.5 Å². The topological polar surface area (TPSA) is 73.9 Å². The number of ether oxygens (including phenoxy) is 3. The summed E-state index contributed by atoms with van der Waals surface area (Å²) >= 11 is 0. The molecule has 0 aliphatic rings. The van der Waals surface area contributed by atoms with Gasteiger partial charge in [-0.3, -0.25) is 4.79 Å². The number of nitrogens with one attached hydrogen (secondary N) is 1. The van der Waals surface area contributed by atoms with Crippen molar-refractivity contribution in [2.24, 2.45) is 0 Å². The first-order chi connectivity index (χ1) is 11.2. The van der Waals surface area contributed by atoms with Crippen LogP contribution in [0, 0.1) is 0 Å². The SMILES string of the molecule is C=CCOC(=O)NCCCCCOc1ccc(C=O)cc1OC. The lowest BCUT2D eigenvalue weighted by Gasteiger charge is -2.11. The zero-order valence-corrected chi connectivity index (χ0v) is 13.4. The van der Waals surface area contributed by atoms with Crippen LogP contribution in [0.15, 0.2) is 30.9 Å². The highest BCUT2D eigenvalue weighted by molar-refractivity contribution is 5.76. The molecule has 0 unspecified atom stereocenters. The molecule has 23 heavy (non-hydrogen) atoms. The number of carbonyl (C=O) groups is 2. The Morgan fingerprint density at radius 2 is 2.09 bits per heavy atom. The van der Waals surface area contributed by atoms with E-state index in [0.717, 1.165) is 25.5 Å². The Morgan fingerprint density at radius 3 is 2.78 bits per heavy atom. The second-order valence-corrected chi connectivity index (χ2v) is 4.75. The van der Waals surface area contributed by atoms with Gasteiger partial charge in [-0.1, -0.05) is 12.7 Å². The van der Waals surface area contributed by atoms with Gasteiger partial charge in [0.15, 0.2) is 11.5 Å². The molecule has 0 heterocycles. The number of amides is 1. The van der Waals surface area contributed by atoms with Crippen LogP contribution >= 0.6 is 0 Å². The summed E-state index contributed by atoms with van der Waals surface area (Å²) in [4.78, 5) is 21.9. The third kappa shape index (κ3) is 7.35. The second kappa shape index (κ2) is 11.1. The molecule has 1 aromatic carbocycles. The maximum Gasteiger partial charge on any atom is 0.407 e. The minimum atomic E-state index is -0.429. The number of benzene rings is 1. The summed E-state index contributed by atoms with van der Waals surface area (Å²) in [7, 11) is 1.54. The van der Waals surface area contributed by atoms with Gasteiger partial charge in [-0.05, 0) is 37.5 Å². The standard InChI is InChI=1S/C17H23NO5/c1-3-10-23-17(20)18-9-5-4-6-11-22-15-8-7-14(13-19)12-16(15)21-2/h3,7-8,12-13H,1,4-6,9-11H2,2H3,(H,18,20). The van der Waals surface area contributed by atoms with E-state index in [1.54, 1.807) is 18.2 Å². The van der Waals surface area contributed by atoms with E-state index in [9.17, 15) is 9.59 Å². The number of unbranched alkanes of at least 4 members (excludes halogenated alkanes) is 2. The van der Waals surface area contributed by atoms with Crippen molar-refractivity contribution in [3.05, 3.63) is 36.4 Å². The predicted molar refractivity (Wildman–Crippen MR) is 87.3 cm³/mol. The van der Waals surface area contributed by atoms with Gasteiger partial charge in [0, 0.05) is 12.1 Å². The minimum absolute atomic E-state index is 0.213. The van der Waals surface area contributed by atoms with Crippen molar-refractivity contribution in [2.45, 2.75) is 19.3 Å². The van der Waals surface area contributed by atoms with E-state index in [2.05, 4.69) is 11.9 Å². The van der Waals surface area contributed by atoms with E-state index in [1.165, 1.54) is 13.2 Å². The number of alkyl carbamates (subject to hydrolysis) is 1. The van der Waals surface area contributed by atoms with E-state index >= 15 is 0 Å². The first kappa shape index (κ1) is 18.5. The zero-order chi connectivity index (χ0) is 16.9. The van der Waals surface area contributed by atoms with Crippen LogP contribution in [0.4, 0.5) is 4.79 Å². The first-order valence-electron chi connectivity index (χ1n) is 7.48. The van der Waals surface area contributed by atoms with Crippen molar-refractivity contribution < 1.29 is 23.8 Å². The first-order valence-corrected chi connectivity index (χ1v) is 7.48. The van der Waals surface area contributed by atoms with E-state index < -0.39 is 6.09 Å². The van der Waals surface area contributed by atoms with Crippen LogP contribution < -0.4 is 14.8 Å². The molecule has 0 bridgehead atoms. The summed E-state index contributed by atoms with van der Waals surface area (Å²) < 4.78 is 15.6. The Labute approximate surface area is 136 Å². The largest absolute Gasteiger partial charge is 0.493 e. The van der Waals surface area contributed by atoms with Gasteiger partial charge in [-0.15, -0.1) is 0 Å². The number of aldehydes is 1. The molecule has 0 aliphatic heterocycles. The fourth-order valence-electron chi connectivity index (χ4n) is 1.84. The molecule has 1 aromatic rings. The van der Waals surface area contributed by atoms with E-state index in [4.69, 9.17) is 14.2 Å². The Morgan fingerprint density at radius 1 is 1.26 bits per heavy atom. The van der Waals surface area contributed by atoms with Crippen molar-refractivity contribution in [3.8, 4) is 11.5 Å². The molecule has 126 valence electrons. The molecule has 1 rings (SSSR count). The van der Waals surface area contributed by atoms with Crippen LogP contribution in [0.3, 0.4) is 0 Å². The quantitative estimate of drug-likeness (QED) is 0.385. The van der Waals surface area contributed by atoms with Gasteiger partial charge in [0.1, 0.15) is 12.9 Å². The fraction of sp³-hybridized carbons (Fsp3) is 0.412. The lowest BCUT2D eigenvalue weighted by molar-refractivity contribution is 0.112. The average Bonchev–Trinajstić information content (AvgIpc) is 2.59. The minimum Gasteiger partial charge on any atom is -0.493 e. The van der Waals surface area contributed by atoms with Gasteiger partial charge in [0.05, 0.1) is 13.7 Å². The van der Waals surface area contributed by atoms with Gasteiger partial charge in [0.25, 0.3) is 0 Å².